The summed E-state index contributed by atoms with van der Waals surface area (Å²) >= 11 is 17.9. The van der Waals surface area contributed by atoms with E-state index in [2.05, 4.69) is 9.71 Å². The summed E-state index contributed by atoms with van der Waals surface area (Å²) in [4.78, 5) is 39.5. The van der Waals surface area contributed by atoms with Gasteiger partial charge in [0.2, 0.25) is 0 Å². The zero-order chi connectivity index (χ0) is 24.9. The second-order valence-electron chi connectivity index (χ2n) is 5.90. The summed E-state index contributed by atoms with van der Waals surface area (Å²) in [7, 11) is 0. The van der Waals surface area contributed by atoms with Crippen LogP contribution in [0.3, 0.4) is 0 Å². The minimum Gasteiger partial charge on any atom is -0.346 e. The van der Waals surface area contributed by atoms with Crippen LogP contribution >= 0.6 is 46.8 Å². The lowest BCUT2D eigenvalue weighted by Gasteiger charge is -2.13. The third kappa shape index (κ3) is 7.59. The van der Waals surface area contributed by atoms with Crippen LogP contribution in [-0.2, 0) is 6.18 Å². The number of rotatable bonds is 6. The van der Waals surface area contributed by atoms with Crippen molar-refractivity contribution in [3.8, 4) is 0 Å². The van der Waals surface area contributed by atoms with Crippen LogP contribution in [0.15, 0.2) is 29.3 Å². The van der Waals surface area contributed by atoms with Gasteiger partial charge in [-0.2, -0.15) is 13.2 Å². The first-order valence-electron chi connectivity index (χ1n) is 8.36. The van der Waals surface area contributed by atoms with Crippen molar-refractivity contribution < 1.29 is 36.3 Å². The van der Waals surface area contributed by atoms with Gasteiger partial charge in [-0.05, 0) is 30.1 Å². The van der Waals surface area contributed by atoms with Crippen molar-refractivity contribution in [2.75, 3.05) is 6.54 Å². The van der Waals surface area contributed by atoms with Crippen LogP contribution < -0.4 is 15.4 Å². The van der Waals surface area contributed by atoms with E-state index in [4.69, 9.17) is 34.8 Å². The van der Waals surface area contributed by atoms with E-state index in [1.807, 2.05) is 5.32 Å². The van der Waals surface area contributed by atoms with Crippen LogP contribution in [0.4, 0.5) is 26.7 Å². The second-order valence-corrected chi connectivity index (χ2v) is 7.97. The monoisotopic (exact) mass is 550 g/mol. The molecule has 1 heterocycles. The van der Waals surface area contributed by atoms with Crippen LogP contribution in [0.5, 0.6) is 0 Å². The van der Waals surface area contributed by atoms with Crippen molar-refractivity contribution in [2.24, 2.45) is 0 Å². The SMILES string of the molecule is O=C(NSc1c(Cl)cc(Cl)cc1C(=O)NCC(F)F)NC(=O)c1ncc(C(F)(F)F)cc1Cl. The number of halogens is 8. The number of alkyl halides is 5. The second kappa shape index (κ2) is 11.2. The molecule has 0 saturated heterocycles. The first-order chi connectivity index (χ1) is 15.3. The lowest BCUT2D eigenvalue weighted by atomic mass is 10.2. The van der Waals surface area contributed by atoms with Gasteiger partial charge in [-0.1, -0.05) is 34.8 Å². The van der Waals surface area contributed by atoms with E-state index in [0.717, 1.165) is 6.07 Å². The van der Waals surface area contributed by atoms with Gasteiger partial charge in [0.15, 0.2) is 0 Å². The molecule has 0 aliphatic carbocycles. The summed E-state index contributed by atoms with van der Waals surface area (Å²) < 4.78 is 64.8. The van der Waals surface area contributed by atoms with Crippen molar-refractivity contribution in [1.29, 1.82) is 0 Å². The van der Waals surface area contributed by atoms with Gasteiger partial charge in [0.25, 0.3) is 18.2 Å². The van der Waals surface area contributed by atoms with E-state index in [0.29, 0.717) is 24.2 Å². The predicted molar refractivity (Wildman–Crippen MR) is 111 cm³/mol. The Kier molecular flexibility index (Phi) is 9.12. The van der Waals surface area contributed by atoms with E-state index in [9.17, 15) is 36.3 Å². The Morgan fingerprint density at radius 3 is 2.27 bits per heavy atom. The number of nitrogens with one attached hydrogen (secondary N) is 3. The minimum absolute atomic E-state index is 0.00851. The Hall–Kier alpha value is -2.35. The van der Waals surface area contributed by atoms with Crippen LogP contribution in [0.25, 0.3) is 0 Å². The third-order valence-corrected chi connectivity index (χ3v) is 5.37. The summed E-state index contributed by atoms with van der Waals surface area (Å²) in [5, 5.41) is 2.97. The number of amides is 4. The molecule has 178 valence electrons. The van der Waals surface area contributed by atoms with Crippen molar-refractivity contribution in [1.82, 2.24) is 20.3 Å². The molecule has 2 rings (SSSR count). The standard InChI is InChI=1S/C17H10Cl3F5N4O3S/c18-7-2-8(14(30)27-5-11(21)22)13(10(20)3-7)33-29-16(32)28-15(31)12-9(19)1-6(4-26-12)17(23,24)25/h1-4,11H,5H2,(H,27,30)(H2,28,29,31,32). The minimum atomic E-state index is -4.74. The molecular weight excluding hydrogens is 542 g/mol. The molecule has 7 nitrogen and oxygen atoms in total. The summed E-state index contributed by atoms with van der Waals surface area (Å²) in [5.74, 6) is -2.18. The van der Waals surface area contributed by atoms with E-state index in [1.165, 1.54) is 6.07 Å². The molecule has 4 amide bonds. The molecule has 2 aromatic rings. The zero-order valence-corrected chi connectivity index (χ0v) is 18.8. The largest absolute Gasteiger partial charge is 0.417 e. The van der Waals surface area contributed by atoms with Gasteiger partial charge in [-0.3, -0.25) is 19.6 Å². The van der Waals surface area contributed by atoms with Gasteiger partial charge in [0, 0.05) is 11.2 Å². The van der Waals surface area contributed by atoms with Crippen LogP contribution in [0, 0.1) is 0 Å². The fourth-order valence-corrected chi connectivity index (χ4v) is 3.67. The molecule has 1 aromatic carbocycles. The number of imide groups is 1. The summed E-state index contributed by atoms with van der Waals surface area (Å²) in [6.45, 7) is -0.948. The van der Waals surface area contributed by atoms with Gasteiger partial charge < -0.3 is 5.32 Å². The number of benzene rings is 1. The van der Waals surface area contributed by atoms with E-state index in [1.54, 1.807) is 5.32 Å². The molecular formula is C17H10Cl3F5N4O3S. The maximum atomic E-state index is 12.7. The lowest BCUT2D eigenvalue weighted by molar-refractivity contribution is -0.137. The molecule has 0 aliphatic heterocycles. The molecule has 0 unspecified atom stereocenters. The first kappa shape index (κ1) is 26.9. The van der Waals surface area contributed by atoms with Crippen molar-refractivity contribution in [2.45, 2.75) is 17.5 Å². The normalized spacial score (nSPS) is 11.3. The van der Waals surface area contributed by atoms with Gasteiger partial charge in [0.1, 0.15) is 5.69 Å². The van der Waals surface area contributed by atoms with Crippen molar-refractivity contribution in [3.63, 3.8) is 0 Å². The third-order valence-electron chi connectivity index (χ3n) is 3.53. The number of hydrogen-bond acceptors (Lipinski definition) is 5. The highest BCUT2D eigenvalue weighted by Crippen LogP contribution is 2.33. The first-order valence-corrected chi connectivity index (χ1v) is 10.3. The Bertz CT molecular complexity index is 1090. The average molecular weight is 552 g/mol. The average Bonchev–Trinajstić information content (AvgIpc) is 2.69. The highest BCUT2D eigenvalue weighted by molar-refractivity contribution is 7.98. The number of urea groups is 1. The molecule has 3 N–H and O–H groups in total. The Morgan fingerprint density at radius 2 is 1.70 bits per heavy atom. The number of hydrogen-bond donors (Lipinski definition) is 3. The number of carbonyl (C=O) groups is 3. The van der Waals surface area contributed by atoms with Crippen LogP contribution in [-0.4, -0.2) is 35.8 Å². The smallest absolute Gasteiger partial charge is 0.346 e. The number of aromatic nitrogens is 1. The molecule has 0 fully saturated rings. The Labute approximate surface area is 201 Å². The van der Waals surface area contributed by atoms with Gasteiger partial charge in [-0.15, -0.1) is 0 Å². The molecule has 1 aromatic heterocycles. The van der Waals surface area contributed by atoms with Crippen LogP contribution in [0.1, 0.15) is 26.4 Å². The number of nitrogens with zero attached hydrogens (tertiary/aromatic N) is 1. The van der Waals surface area contributed by atoms with Gasteiger partial charge in [-0.25, -0.2) is 18.6 Å². The molecule has 0 saturated carbocycles. The molecule has 0 atom stereocenters. The predicted octanol–water partition coefficient (Wildman–Crippen LogP) is 5.20. The molecule has 0 aliphatic rings. The summed E-state index contributed by atoms with van der Waals surface area (Å²) in [5.41, 5.74) is -2.09. The highest BCUT2D eigenvalue weighted by Gasteiger charge is 2.32. The zero-order valence-electron chi connectivity index (χ0n) is 15.7. The lowest BCUT2D eigenvalue weighted by Crippen LogP contribution is -2.37. The summed E-state index contributed by atoms with van der Waals surface area (Å²) in [6.07, 6.45) is -7.19. The van der Waals surface area contributed by atoms with Gasteiger partial charge >= 0.3 is 12.2 Å². The number of carbonyl (C=O) groups excluding carboxylic acids is 3. The Balaban J connectivity index is 2.10. The van der Waals surface area contributed by atoms with Crippen LogP contribution in [0.2, 0.25) is 15.1 Å². The van der Waals surface area contributed by atoms with Crippen molar-refractivity contribution in [3.05, 3.63) is 56.3 Å². The highest BCUT2D eigenvalue weighted by atomic mass is 35.5. The molecule has 16 heteroatoms. The molecule has 33 heavy (non-hydrogen) atoms. The Morgan fingerprint density at radius 1 is 1.03 bits per heavy atom. The van der Waals surface area contributed by atoms with Crippen molar-refractivity contribution >= 4 is 64.6 Å². The molecule has 0 radical (unpaired) electrons. The number of pyridine rings is 1. The van der Waals surface area contributed by atoms with E-state index >= 15 is 0 Å². The molecule has 0 spiro atoms. The molecule has 0 bridgehead atoms. The maximum absolute atomic E-state index is 12.7. The fraction of sp³-hybridized carbons (Fsp3) is 0.176. The fourth-order valence-electron chi connectivity index (χ4n) is 2.14. The van der Waals surface area contributed by atoms with E-state index in [-0.39, 0.29) is 20.5 Å². The maximum Gasteiger partial charge on any atom is 0.417 e. The van der Waals surface area contributed by atoms with E-state index < -0.39 is 53.3 Å². The quantitative estimate of drug-likeness (QED) is 0.338. The van der Waals surface area contributed by atoms with Gasteiger partial charge in [0.05, 0.1) is 32.6 Å². The topological polar surface area (TPSA) is 100 Å². The summed E-state index contributed by atoms with van der Waals surface area (Å²) in [6, 6.07) is 1.63.